The third-order valence-electron chi connectivity index (χ3n) is 2.35. The molecule has 1 N–H and O–H groups in total. The fraction of sp³-hybridized carbons (Fsp3) is 0. The predicted octanol–water partition coefficient (Wildman–Crippen LogP) is 2.26. The molecule has 4 nitrogen and oxygen atoms in total. The van der Waals surface area contributed by atoms with Gasteiger partial charge in [0.05, 0.1) is 11.3 Å². The van der Waals surface area contributed by atoms with Crippen molar-refractivity contribution in [3.8, 4) is 11.3 Å². The summed E-state index contributed by atoms with van der Waals surface area (Å²) in [6.07, 6.45) is 2.08. The molecule has 1 aromatic carbocycles. The number of hydrogen-bond donors (Lipinski definition) is 1. The van der Waals surface area contributed by atoms with Crippen LogP contribution >= 0.6 is 0 Å². The predicted molar refractivity (Wildman–Crippen MR) is 62.0 cm³/mol. The topological polar surface area (TPSA) is 67.3 Å². The lowest BCUT2D eigenvalue weighted by Crippen LogP contribution is -1.97. The second-order valence-corrected chi connectivity index (χ2v) is 3.48. The smallest absolute Gasteiger partial charge is 0.337 e. The molecule has 0 aliphatic rings. The molecule has 0 unspecified atom stereocenters. The number of carboxylic acid groups (broad SMARTS) is 1. The zero-order chi connectivity index (χ0) is 12.3. The van der Waals surface area contributed by atoms with Crippen LogP contribution in [0, 0.1) is 0 Å². The van der Waals surface area contributed by atoms with E-state index in [1.54, 1.807) is 30.3 Å². The van der Waals surface area contributed by atoms with Gasteiger partial charge in [-0.2, -0.15) is 0 Å². The monoisotopic (exact) mass is 227 g/mol. The number of carbonyl (C=O) groups is 2. The Morgan fingerprint density at radius 1 is 1.12 bits per heavy atom. The first-order valence-corrected chi connectivity index (χ1v) is 4.95. The number of benzene rings is 1. The average Bonchev–Trinajstić information content (AvgIpc) is 2.39. The summed E-state index contributed by atoms with van der Waals surface area (Å²) in [6, 6.07) is 10.1. The van der Waals surface area contributed by atoms with Crippen LogP contribution in [-0.2, 0) is 0 Å². The van der Waals surface area contributed by atoms with Crippen molar-refractivity contribution in [1.29, 1.82) is 0 Å². The van der Waals surface area contributed by atoms with Crippen molar-refractivity contribution in [2.24, 2.45) is 0 Å². The number of hydrogen-bond acceptors (Lipinski definition) is 3. The standard InChI is InChI=1S/C13H9NO3/c15-8-9-1-3-10(4-2-9)12-6-5-11(7-14-12)13(16)17/h1-8H,(H,16,17). The summed E-state index contributed by atoms with van der Waals surface area (Å²) in [5, 5.41) is 8.74. The van der Waals surface area contributed by atoms with E-state index < -0.39 is 5.97 Å². The minimum Gasteiger partial charge on any atom is -0.478 e. The lowest BCUT2D eigenvalue weighted by Gasteiger charge is -2.01. The molecule has 17 heavy (non-hydrogen) atoms. The van der Waals surface area contributed by atoms with E-state index in [9.17, 15) is 9.59 Å². The Morgan fingerprint density at radius 2 is 1.82 bits per heavy atom. The lowest BCUT2D eigenvalue weighted by atomic mass is 10.1. The van der Waals surface area contributed by atoms with Gasteiger partial charge in [-0.25, -0.2) is 4.79 Å². The first-order valence-electron chi connectivity index (χ1n) is 4.95. The van der Waals surface area contributed by atoms with E-state index in [0.717, 1.165) is 11.8 Å². The van der Waals surface area contributed by atoms with Crippen LogP contribution in [0.1, 0.15) is 20.7 Å². The zero-order valence-corrected chi connectivity index (χ0v) is 8.83. The molecule has 1 heterocycles. The molecule has 0 radical (unpaired) electrons. The Hall–Kier alpha value is -2.49. The van der Waals surface area contributed by atoms with Crippen molar-refractivity contribution >= 4 is 12.3 Å². The fourth-order valence-corrected chi connectivity index (χ4v) is 1.42. The van der Waals surface area contributed by atoms with Crippen LogP contribution in [0.2, 0.25) is 0 Å². The Balaban J connectivity index is 2.32. The van der Waals surface area contributed by atoms with Gasteiger partial charge in [-0.05, 0) is 12.1 Å². The van der Waals surface area contributed by atoms with Crippen molar-refractivity contribution in [2.75, 3.05) is 0 Å². The number of aromatic carboxylic acids is 1. The normalized spacial score (nSPS) is 9.88. The molecule has 1 aromatic heterocycles. The Morgan fingerprint density at radius 3 is 2.29 bits per heavy atom. The highest BCUT2D eigenvalue weighted by Gasteiger charge is 2.04. The van der Waals surface area contributed by atoms with Crippen LogP contribution in [0.4, 0.5) is 0 Å². The van der Waals surface area contributed by atoms with Crippen LogP contribution in [-0.4, -0.2) is 22.3 Å². The van der Waals surface area contributed by atoms with Gasteiger partial charge >= 0.3 is 5.97 Å². The number of aldehydes is 1. The van der Waals surface area contributed by atoms with Crippen LogP contribution in [0.3, 0.4) is 0 Å². The van der Waals surface area contributed by atoms with Crippen molar-refractivity contribution in [2.45, 2.75) is 0 Å². The van der Waals surface area contributed by atoms with Gasteiger partial charge < -0.3 is 5.11 Å². The highest BCUT2D eigenvalue weighted by Crippen LogP contribution is 2.17. The van der Waals surface area contributed by atoms with Crippen LogP contribution in [0.15, 0.2) is 42.6 Å². The minimum atomic E-state index is -1.000. The first-order chi connectivity index (χ1) is 8.20. The molecule has 4 heteroatoms. The summed E-state index contributed by atoms with van der Waals surface area (Å²) < 4.78 is 0. The van der Waals surface area contributed by atoms with E-state index in [4.69, 9.17) is 5.11 Å². The molecule has 84 valence electrons. The second kappa shape index (κ2) is 4.57. The molecule has 0 saturated carbocycles. The van der Waals surface area contributed by atoms with E-state index in [0.29, 0.717) is 11.3 Å². The Labute approximate surface area is 97.6 Å². The van der Waals surface area contributed by atoms with Crippen LogP contribution in [0.25, 0.3) is 11.3 Å². The number of carboxylic acids is 1. The molecule has 0 spiro atoms. The second-order valence-electron chi connectivity index (χ2n) is 3.48. The number of rotatable bonds is 3. The van der Waals surface area contributed by atoms with Gasteiger partial charge in [0.15, 0.2) is 0 Å². The van der Waals surface area contributed by atoms with E-state index >= 15 is 0 Å². The Kier molecular flexibility index (Phi) is 2.96. The van der Waals surface area contributed by atoms with Gasteiger partial charge in [0.25, 0.3) is 0 Å². The third kappa shape index (κ3) is 2.36. The molecule has 0 fully saturated rings. The van der Waals surface area contributed by atoms with Crippen LogP contribution in [0.5, 0.6) is 0 Å². The van der Waals surface area contributed by atoms with Gasteiger partial charge in [-0.1, -0.05) is 24.3 Å². The lowest BCUT2D eigenvalue weighted by molar-refractivity contribution is 0.0696. The van der Waals surface area contributed by atoms with Gasteiger partial charge in [0, 0.05) is 17.3 Å². The molecule has 0 atom stereocenters. The van der Waals surface area contributed by atoms with E-state index in [1.165, 1.54) is 12.3 Å². The summed E-state index contributed by atoms with van der Waals surface area (Å²) in [5.74, 6) is -1.000. The molecular weight excluding hydrogens is 218 g/mol. The maximum absolute atomic E-state index is 10.7. The van der Waals surface area contributed by atoms with Gasteiger partial charge in [-0.3, -0.25) is 9.78 Å². The average molecular weight is 227 g/mol. The van der Waals surface area contributed by atoms with Crippen molar-refractivity contribution < 1.29 is 14.7 Å². The Bertz CT molecular complexity index is 544. The molecule has 2 rings (SSSR count). The largest absolute Gasteiger partial charge is 0.478 e. The van der Waals surface area contributed by atoms with Crippen LogP contribution < -0.4 is 0 Å². The quantitative estimate of drug-likeness (QED) is 0.816. The van der Waals surface area contributed by atoms with E-state index in [-0.39, 0.29) is 5.56 Å². The fourth-order valence-electron chi connectivity index (χ4n) is 1.42. The summed E-state index contributed by atoms with van der Waals surface area (Å²) in [6.45, 7) is 0. The number of nitrogens with zero attached hydrogens (tertiary/aromatic N) is 1. The number of carbonyl (C=O) groups excluding carboxylic acids is 1. The van der Waals surface area contributed by atoms with Gasteiger partial charge in [0.2, 0.25) is 0 Å². The third-order valence-corrected chi connectivity index (χ3v) is 2.35. The van der Waals surface area contributed by atoms with E-state index in [1.807, 2.05) is 0 Å². The summed E-state index contributed by atoms with van der Waals surface area (Å²) in [5.41, 5.74) is 2.26. The maximum atomic E-state index is 10.7. The molecule has 0 bridgehead atoms. The van der Waals surface area contributed by atoms with Crippen molar-refractivity contribution in [3.05, 3.63) is 53.7 Å². The molecular formula is C13H9NO3. The summed E-state index contributed by atoms with van der Waals surface area (Å²) in [4.78, 5) is 25.2. The molecule has 2 aromatic rings. The molecule has 0 aliphatic carbocycles. The molecule has 0 amide bonds. The summed E-state index contributed by atoms with van der Waals surface area (Å²) >= 11 is 0. The minimum absolute atomic E-state index is 0.151. The van der Waals surface area contributed by atoms with Gasteiger partial charge in [0.1, 0.15) is 6.29 Å². The highest BCUT2D eigenvalue weighted by molar-refractivity contribution is 5.87. The number of aromatic nitrogens is 1. The molecule has 0 saturated heterocycles. The summed E-state index contributed by atoms with van der Waals surface area (Å²) in [7, 11) is 0. The molecule has 0 aliphatic heterocycles. The number of pyridine rings is 1. The SMILES string of the molecule is O=Cc1ccc(-c2ccc(C(=O)O)cn2)cc1. The highest BCUT2D eigenvalue weighted by atomic mass is 16.4. The zero-order valence-electron chi connectivity index (χ0n) is 8.83. The van der Waals surface area contributed by atoms with E-state index in [2.05, 4.69) is 4.98 Å². The van der Waals surface area contributed by atoms with Gasteiger partial charge in [-0.15, -0.1) is 0 Å². The van der Waals surface area contributed by atoms with Crippen molar-refractivity contribution in [3.63, 3.8) is 0 Å². The van der Waals surface area contributed by atoms with Crippen molar-refractivity contribution in [1.82, 2.24) is 4.98 Å². The maximum Gasteiger partial charge on any atom is 0.337 e. The first kappa shape index (κ1) is 11.0.